The van der Waals surface area contributed by atoms with E-state index in [0.29, 0.717) is 10.9 Å². The van der Waals surface area contributed by atoms with Crippen LogP contribution in [0.15, 0.2) is 36.4 Å². The number of thiophene rings is 1. The van der Waals surface area contributed by atoms with E-state index in [-0.39, 0.29) is 23.8 Å². The molecule has 0 saturated heterocycles. The second-order valence-electron chi connectivity index (χ2n) is 5.28. The third kappa shape index (κ3) is 5.75. The predicted octanol–water partition coefficient (Wildman–Crippen LogP) is 2.08. The van der Waals surface area contributed by atoms with E-state index in [1.54, 1.807) is 25.2 Å². The standard InChI is InChI=1S/C17H17ClN2O5S/c1-20(8-11-6-7-14(18)26-11)16(22)10-25-17(23)12-4-2-3-5-13(12)24-9-15(19)21/h2-7H,8-10H2,1H3,(H2,19,21). The molecule has 0 aliphatic heterocycles. The topological polar surface area (TPSA) is 98.9 Å². The quantitative estimate of drug-likeness (QED) is 0.689. The van der Waals surface area contributed by atoms with Crippen molar-refractivity contribution in [1.29, 1.82) is 0 Å². The van der Waals surface area contributed by atoms with E-state index >= 15 is 0 Å². The summed E-state index contributed by atoms with van der Waals surface area (Å²) in [5.41, 5.74) is 5.13. The maximum absolute atomic E-state index is 12.2. The predicted molar refractivity (Wildman–Crippen MR) is 97.2 cm³/mol. The lowest BCUT2D eigenvalue weighted by Gasteiger charge is -2.16. The van der Waals surface area contributed by atoms with Crippen LogP contribution in [0.3, 0.4) is 0 Å². The van der Waals surface area contributed by atoms with Gasteiger partial charge in [-0.2, -0.15) is 0 Å². The number of amides is 2. The van der Waals surface area contributed by atoms with Crippen LogP contribution in [-0.4, -0.2) is 42.9 Å². The normalized spacial score (nSPS) is 10.2. The number of rotatable bonds is 8. The van der Waals surface area contributed by atoms with E-state index in [9.17, 15) is 14.4 Å². The molecule has 0 spiro atoms. The number of para-hydroxylation sites is 1. The van der Waals surface area contributed by atoms with Crippen LogP contribution < -0.4 is 10.5 Å². The maximum atomic E-state index is 12.2. The average Bonchev–Trinajstić information content (AvgIpc) is 3.02. The Morgan fingerprint density at radius 3 is 2.54 bits per heavy atom. The van der Waals surface area contributed by atoms with Gasteiger partial charge in [-0.25, -0.2) is 4.79 Å². The molecule has 138 valence electrons. The Labute approximate surface area is 159 Å². The molecule has 7 nitrogen and oxygen atoms in total. The molecule has 0 unspecified atom stereocenters. The molecular weight excluding hydrogens is 380 g/mol. The monoisotopic (exact) mass is 396 g/mol. The molecule has 2 amide bonds. The molecule has 0 bridgehead atoms. The summed E-state index contributed by atoms with van der Waals surface area (Å²) in [4.78, 5) is 37.5. The molecule has 9 heteroatoms. The number of carbonyl (C=O) groups excluding carboxylic acids is 3. The molecule has 1 aromatic heterocycles. The molecule has 0 atom stereocenters. The Balaban J connectivity index is 1.91. The number of benzene rings is 1. The first-order valence-electron chi connectivity index (χ1n) is 7.52. The van der Waals surface area contributed by atoms with Crippen molar-refractivity contribution in [1.82, 2.24) is 4.90 Å². The van der Waals surface area contributed by atoms with Crippen LogP contribution in [0.2, 0.25) is 4.34 Å². The zero-order valence-corrected chi connectivity index (χ0v) is 15.5. The van der Waals surface area contributed by atoms with Gasteiger partial charge in [-0.15, -0.1) is 11.3 Å². The Kier molecular flexibility index (Phi) is 6.99. The number of esters is 1. The summed E-state index contributed by atoms with van der Waals surface area (Å²) in [6.45, 7) is -0.417. The van der Waals surface area contributed by atoms with Gasteiger partial charge < -0.3 is 20.1 Å². The van der Waals surface area contributed by atoms with Crippen molar-refractivity contribution in [3.05, 3.63) is 51.2 Å². The lowest BCUT2D eigenvalue weighted by Crippen LogP contribution is -2.30. The second kappa shape index (κ2) is 9.21. The molecule has 2 rings (SSSR count). The number of primary amides is 1. The first-order valence-corrected chi connectivity index (χ1v) is 8.71. The van der Waals surface area contributed by atoms with Gasteiger partial charge in [0.2, 0.25) is 0 Å². The van der Waals surface area contributed by atoms with Crippen molar-refractivity contribution in [2.75, 3.05) is 20.3 Å². The van der Waals surface area contributed by atoms with E-state index in [2.05, 4.69) is 0 Å². The largest absolute Gasteiger partial charge is 0.483 e. The van der Waals surface area contributed by atoms with Gasteiger partial charge in [-0.1, -0.05) is 23.7 Å². The van der Waals surface area contributed by atoms with Gasteiger partial charge in [-0.3, -0.25) is 9.59 Å². The number of halogens is 1. The summed E-state index contributed by atoms with van der Waals surface area (Å²) in [6.07, 6.45) is 0. The Bertz CT molecular complexity index is 808. The SMILES string of the molecule is CN(Cc1ccc(Cl)s1)C(=O)COC(=O)c1ccccc1OCC(N)=O. The van der Waals surface area contributed by atoms with Crippen LogP contribution in [0.25, 0.3) is 0 Å². The molecule has 0 aliphatic rings. The van der Waals surface area contributed by atoms with E-state index in [1.165, 1.54) is 28.4 Å². The lowest BCUT2D eigenvalue weighted by molar-refractivity contribution is -0.133. The lowest BCUT2D eigenvalue weighted by atomic mass is 10.2. The summed E-state index contributed by atoms with van der Waals surface area (Å²) in [7, 11) is 1.60. The van der Waals surface area contributed by atoms with Gasteiger partial charge in [0.25, 0.3) is 11.8 Å². The van der Waals surface area contributed by atoms with Crippen molar-refractivity contribution < 1.29 is 23.9 Å². The van der Waals surface area contributed by atoms with Crippen LogP contribution >= 0.6 is 22.9 Å². The van der Waals surface area contributed by atoms with Crippen LogP contribution in [0.4, 0.5) is 0 Å². The van der Waals surface area contributed by atoms with Gasteiger partial charge in [0.15, 0.2) is 13.2 Å². The molecule has 0 saturated carbocycles. The molecule has 26 heavy (non-hydrogen) atoms. The number of nitrogens with two attached hydrogens (primary N) is 1. The van der Waals surface area contributed by atoms with Gasteiger partial charge in [0.1, 0.15) is 11.3 Å². The molecule has 2 aromatic rings. The molecule has 0 fully saturated rings. The number of hydrogen-bond donors (Lipinski definition) is 1. The third-order valence-corrected chi connectivity index (χ3v) is 4.47. The second-order valence-corrected chi connectivity index (χ2v) is 7.08. The van der Waals surface area contributed by atoms with Crippen LogP contribution in [0.5, 0.6) is 5.75 Å². The smallest absolute Gasteiger partial charge is 0.342 e. The minimum atomic E-state index is -0.731. The number of ether oxygens (including phenoxy) is 2. The van der Waals surface area contributed by atoms with Gasteiger partial charge >= 0.3 is 5.97 Å². The van der Waals surface area contributed by atoms with E-state index in [4.69, 9.17) is 26.8 Å². The minimum Gasteiger partial charge on any atom is -0.483 e. The first-order chi connectivity index (χ1) is 12.4. The average molecular weight is 397 g/mol. The van der Waals surface area contributed by atoms with Gasteiger partial charge in [0.05, 0.1) is 10.9 Å². The fourth-order valence-electron chi connectivity index (χ4n) is 1.98. The highest BCUT2D eigenvalue weighted by atomic mass is 35.5. The maximum Gasteiger partial charge on any atom is 0.342 e. The van der Waals surface area contributed by atoms with Crippen molar-refractivity contribution >= 4 is 40.7 Å². The summed E-state index contributed by atoms with van der Waals surface area (Å²) in [5.74, 6) is -1.60. The summed E-state index contributed by atoms with van der Waals surface area (Å²) in [5, 5.41) is 0. The first kappa shape index (κ1) is 19.7. The zero-order valence-electron chi connectivity index (χ0n) is 13.9. The molecule has 0 radical (unpaired) electrons. The molecule has 1 heterocycles. The van der Waals surface area contributed by atoms with Crippen molar-refractivity contribution in [2.24, 2.45) is 5.73 Å². The highest BCUT2D eigenvalue weighted by Gasteiger charge is 2.17. The zero-order chi connectivity index (χ0) is 19.1. The van der Waals surface area contributed by atoms with Gasteiger partial charge in [-0.05, 0) is 24.3 Å². The van der Waals surface area contributed by atoms with Crippen molar-refractivity contribution in [2.45, 2.75) is 6.54 Å². The fraction of sp³-hybridized carbons (Fsp3) is 0.235. The Hall–Kier alpha value is -2.58. The van der Waals surface area contributed by atoms with E-state index in [1.807, 2.05) is 6.07 Å². The van der Waals surface area contributed by atoms with Crippen LogP contribution in [-0.2, 0) is 20.9 Å². The molecule has 0 aliphatic carbocycles. The molecule has 1 aromatic carbocycles. The van der Waals surface area contributed by atoms with Gasteiger partial charge in [0, 0.05) is 11.9 Å². The Morgan fingerprint density at radius 2 is 1.88 bits per heavy atom. The summed E-state index contributed by atoms with van der Waals surface area (Å²) >= 11 is 7.23. The number of carbonyl (C=O) groups is 3. The van der Waals surface area contributed by atoms with Crippen LogP contribution in [0, 0.1) is 0 Å². The highest BCUT2D eigenvalue weighted by molar-refractivity contribution is 7.16. The Morgan fingerprint density at radius 1 is 1.15 bits per heavy atom. The minimum absolute atomic E-state index is 0.106. The van der Waals surface area contributed by atoms with Crippen molar-refractivity contribution in [3.63, 3.8) is 0 Å². The fourth-order valence-corrected chi connectivity index (χ4v) is 3.13. The van der Waals surface area contributed by atoms with Crippen LogP contribution in [0.1, 0.15) is 15.2 Å². The third-order valence-electron chi connectivity index (χ3n) is 3.25. The van der Waals surface area contributed by atoms with Crippen molar-refractivity contribution in [3.8, 4) is 5.75 Å². The highest BCUT2D eigenvalue weighted by Crippen LogP contribution is 2.22. The number of likely N-dealkylation sites (N-methyl/N-ethyl adjacent to an activating group) is 1. The molecule has 2 N–H and O–H groups in total. The van der Waals surface area contributed by atoms with E-state index in [0.717, 1.165) is 4.88 Å². The van der Waals surface area contributed by atoms with E-state index < -0.39 is 18.5 Å². The number of nitrogens with zero attached hydrogens (tertiary/aromatic N) is 1. The molecular formula is C17H17ClN2O5S. The number of hydrogen-bond acceptors (Lipinski definition) is 6. The summed E-state index contributed by atoms with van der Waals surface area (Å²) in [6, 6.07) is 9.81. The summed E-state index contributed by atoms with van der Waals surface area (Å²) < 4.78 is 10.9.